The lowest BCUT2D eigenvalue weighted by Gasteiger charge is -2.41. The lowest BCUT2D eigenvalue weighted by atomic mass is 9.77. The molecule has 0 aromatic carbocycles. The molecule has 1 aliphatic heterocycles. The van der Waals surface area contributed by atoms with E-state index in [2.05, 4.69) is 24.2 Å². The van der Waals surface area contributed by atoms with Crippen molar-refractivity contribution in [3.8, 4) is 0 Å². The van der Waals surface area contributed by atoms with Crippen LogP contribution >= 0.6 is 0 Å². The first-order valence-corrected chi connectivity index (χ1v) is 8.04. The third-order valence-corrected chi connectivity index (χ3v) is 4.88. The van der Waals surface area contributed by atoms with Crippen molar-refractivity contribution < 1.29 is 4.74 Å². The normalized spacial score (nSPS) is 35.2. The molecule has 0 aromatic heterocycles. The molecule has 2 rings (SSSR count). The standard InChI is InChI=1S/C15H31N3O/c1-3-8-18-9-10-19-14(11-18)15(17-16)13-6-4-12(2)5-7-13/h12-15,17H,3-11,16H2,1-2H3. The molecule has 0 amide bonds. The Morgan fingerprint density at radius 1 is 1.32 bits per heavy atom. The van der Waals surface area contributed by atoms with Gasteiger partial charge in [0.2, 0.25) is 0 Å². The van der Waals surface area contributed by atoms with Gasteiger partial charge >= 0.3 is 0 Å². The van der Waals surface area contributed by atoms with Crippen LogP contribution in [0.2, 0.25) is 0 Å². The van der Waals surface area contributed by atoms with Gasteiger partial charge in [0, 0.05) is 13.1 Å². The highest BCUT2D eigenvalue weighted by Gasteiger charge is 2.34. The zero-order valence-corrected chi connectivity index (χ0v) is 12.6. The first-order chi connectivity index (χ1) is 9.24. The van der Waals surface area contributed by atoms with Crippen LogP contribution in [0.3, 0.4) is 0 Å². The number of hydrogen-bond donors (Lipinski definition) is 2. The van der Waals surface area contributed by atoms with Gasteiger partial charge in [-0.25, -0.2) is 0 Å². The SMILES string of the molecule is CCCN1CCOC(C(NN)C2CCC(C)CC2)C1. The third-order valence-electron chi connectivity index (χ3n) is 4.88. The van der Waals surface area contributed by atoms with E-state index < -0.39 is 0 Å². The fraction of sp³-hybridized carbons (Fsp3) is 1.00. The molecule has 4 heteroatoms. The van der Waals surface area contributed by atoms with Crippen LogP contribution in [0.5, 0.6) is 0 Å². The summed E-state index contributed by atoms with van der Waals surface area (Å²) in [5.74, 6) is 7.42. The molecule has 0 aromatic rings. The van der Waals surface area contributed by atoms with Crippen LogP contribution in [-0.4, -0.2) is 43.3 Å². The number of hydrazine groups is 1. The summed E-state index contributed by atoms with van der Waals surface area (Å²) in [6.45, 7) is 8.75. The number of nitrogens with two attached hydrogens (primary N) is 1. The lowest BCUT2D eigenvalue weighted by molar-refractivity contribution is -0.0602. The Balaban J connectivity index is 1.89. The van der Waals surface area contributed by atoms with Crippen molar-refractivity contribution in [3.05, 3.63) is 0 Å². The van der Waals surface area contributed by atoms with E-state index in [0.717, 1.165) is 25.6 Å². The lowest BCUT2D eigenvalue weighted by Crippen LogP contribution is -2.57. The Hall–Kier alpha value is -0.160. The van der Waals surface area contributed by atoms with Gasteiger partial charge in [0.15, 0.2) is 0 Å². The summed E-state index contributed by atoms with van der Waals surface area (Å²) < 4.78 is 6.00. The molecular formula is C15H31N3O. The number of ether oxygens (including phenoxy) is 1. The second-order valence-corrected chi connectivity index (χ2v) is 6.42. The Kier molecular flexibility index (Phi) is 6.07. The van der Waals surface area contributed by atoms with Crippen LogP contribution in [0.1, 0.15) is 46.0 Å². The molecule has 112 valence electrons. The molecule has 0 bridgehead atoms. The van der Waals surface area contributed by atoms with Gasteiger partial charge in [-0.2, -0.15) is 0 Å². The molecular weight excluding hydrogens is 238 g/mol. The fourth-order valence-corrected chi connectivity index (χ4v) is 3.66. The Labute approximate surface area is 118 Å². The minimum atomic E-state index is 0.267. The molecule has 0 radical (unpaired) electrons. The average Bonchev–Trinajstić information content (AvgIpc) is 2.43. The van der Waals surface area contributed by atoms with Gasteiger partial charge in [-0.1, -0.05) is 26.7 Å². The first-order valence-electron chi connectivity index (χ1n) is 8.04. The zero-order valence-electron chi connectivity index (χ0n) is 12.6. The van der Waals surface area contributed by atoms with Crippen LogP contribution in [0.15, 0.2) is 0 Å². The maximum Gasteiger partial charge on any atom is 0.0871 e. The van der Waals surface area contributed by atoms with Crippen LogP contribution < -0.4 is 11.3 Å². The van der Waals surface area contributed by atoms with Crippen molar-refractivity contribution in [1.29, 1.82) is 0 Å². The number of nitrogens with one attached hydrogen (secondary N) is 1. The predicted octanol–water partition coefficient (Wildman–Crippen LogP) is 1.76. The molecule has 1 saturated heterocycles. The zero-order chi connectivity index (χ0) is 13.7. The molecule has 2 atom stereocenters. The molecule has 1 heterocycles. The van der Waals surface area contributed by atoms with Gasteiger partial charge in [-0.3, -0.25) is 16.2 Å². The highest BCUT2D eigenvalue weighted by atomic mass is 16.5. The molecule has 4 nitrogen and oxygen atoms in total. The predicted molar refractivity (Wildman–Crippen MR) is 78.7 cm³/mol. The Morgan fingerprint density at radius 2 is 2.05 bits per heavy atom. The molecule has 19 heavy (non-hydrogen) atoms. The van der Waals surface area contributed by atoms with E-state index >= 15 is 0 Å². The van der Waals surface area contributed by atoms with Crippen molar-refractivity contribution >= 4 is 0 Å². The van der Waals surface area contributed by atoms with E-state index in [0.29, 0.717) is 12.0 Å². The molecule has 0 spiro atoms. The first kappa shape index (κ1) is 15.2. The summed E-state index contributed by atoms with van der Waals surface area (Å²) in [5.41, 5.74) is 3.07. The van der Waals surface area contributed by atoms with Crippen LogP contribution in [0.25, 0.3) is 0 Å². The van der Waals surface area contributed by atoms with E-state index in [1.54, 1.807) is 0 Å². The second-order valence-electron chi connectivity index (χ2n) is 6.42. The van der Waals surface area contributed by atoms with Crippen molar-refractivity contribution in [2.75, 3.05) is 26.2 Å². The summed E-state index contributed by atoms with van der Waals surface area (Å²) >= 11 is 0. The molecule has 3 N–H and O–H groups in total. The number of rotatable bonds is 5. The number of hydrogen-bond acceptors (Lipinski definition) is 4. The van der Waals surface area contributed by atoms with E-state index in [4.69, 9.17) is 10.6 Å². The minimum absolute atomic E-state index is 0.267. The Morgan fingerprint density at radius 3 is 2.68 bits per heavy atom. The van der Waals surface area contributed by atoms with Crippen molar-refractivity contribution in [1.82, 2.24) is 10.3 Å². The monoisotopic (exact) mass is 269 g/mol. The molecule has 1 saturated carbocycles. The largest absolute Gasteiger partial charge is 0.374 e. The van der Waals surface area contributed by atoms with E-state index in [-0.39, 0.29) is 6.10 Å². The van der Waals surface area contributed by atoms with E-state index in [1.165, 1.54) is 38.6 Å². The summed E-state index contributed by atoms with van der Waals surface area (Å²) in [6.07, 6.45) is 6.76. The van der Waals surface area contributed by atoms with Gasteiger partial charge < -0.3 is 4.74 Å². The highest BCUT2D eigenvalue weighted by molar-refractivity contribution is 4.88. The van der Waals surface area contributed by atoms with Crippen molar-refractivity contribution in [3.63, 3.8) is 0 Å². The van der Waals surface area contributed by atoms with Gasteiger partial charge in [0.1, 0.15) is 0 Å². The summed E-state index contributed by atoms with van der Waals surface area (Å²) in [6, 6.07) is 0.326. The van der Waals surface area contributed by atoms with E-state index in [1.807, 2.05) is 0 Å². The number of nitrogens with zero attached hydrogens (tertiary/aromatic N) is 1. The van der Waals surface area contributed by atoms with Crippen molar-refractivity contribution in [2.24, 2.45) is 17.7 Å². The maximum atomic E-state index is 6.00. The maximum absolute atomic E-state index is 6.00. The summed E-state index contributed by atoms with van der Waals surface area (Å²) in [7, 11) is 0. The fourth-order valence-electron chi connectivity index (χ4n) is 3.66. The molecule has 2 fully saturated rings. The molecule has 2 unspecified atom stereocenters. The summed E-state index contributed by atoms with van der Waals surface area (Å²) in [4.78, 5) is 2.52. The van der Waals surface area contributed by atoms with Crippen molar-refractivity contribution in [2.45, 2.75) is 58.1 Å². The molecule has 1 aliphatic carbocycles. The number of morpholine rings is 1. The smallest absolute Gasteiger partial charge is 0.0871 e. The van der Waals surface area contributed by atoms with Gasteiger partial charge in [0.25, 0.3) is 0 Å². The molecule has 2 aliphatic rings. The second kappa shape index (κ2) is 7.58. The highest BCUT2D eigenvalue weighted by Crippen LogP contribution is 2.32. The van der Waals surface area contributed by atoms with Gasteiger partial charge in [-0.05, 0) is 37.6 Å². The minimum Gasteiger partial charge on any atom is -0.374 e. The van der Waals surface area contributed by atoms with Gasteiger partial charge in [0.05, 0.1) is 18.8 Å². The third kappa shape index (κ3) is 4.15. The quantitative estimate of drug-likeness (QED) is 0.590. The average molecular weight is 269 g/mol. The Bertz CT molecular complexity index is 252. The topological polar surface area (TPSA) is 50.5 Å². The van der Waals surface area contributed by atoms with Crippen LogP contribution in [0.4, 0.5) is 0 Å². The summed E-state index contributed by atoms with van der Waals surface area (Å²) in [5, 5.41) is 0. The van der Waals surface area contributed by atoms with Crippen LogP contribution in [-0.2, 0) is 4.74 Å². The van der Waals surface area contributed by atoms with Crippen LogP contribution in [0, 0.1) is 11.8 Å². The van der Waals surface area contributed by atoms with E-state index in [9.17, 15) is 0 Å². The van der Waals surface area contributed by atoms with Gasteiger partial charge in [-0.15, -0.1) is 0 Å².